The van der Waals surface area contributed by atoms with Gasteiger partial charge in [0, 0.05) is 23.5 Å². The molecule has 1 amide bonds. The number of thioether (sulfide) groups is 1. The van der Waals surface area contributed by atoms with E-state index in [1.807, 2.05) is 4.57 Å². The lowest BCUT2D eigenvalue weighted by molar-refractivity contribution is -0.149. The van der Waals surface area contributed by atoms with Gasteiger partial charge in [-0.3, -0.25) is 14.2 Å². The molecule has 0 atom stereocenters. The number of esters is 1. The van der Waals surface area contributed by atoms with E-state index < -0.39 is 0 Å². The predicted molar refractivity (Wildman–Crippen MR) is 146 cm³/mol. The van der Waals surface area contributed by atoms with E-state index in [1.165, 1.54) is 23.1 Å². The lowest BCUT2D eigenvalue weighted by atomic mass is 9.97. The summed E-state index contributed by atoms with van der Waals surface area (Å²) in [6.07, 6.45) is 2.76. The molecular weight excluding hydrogens is 569 g/mol. The summed E-state index contributed by atoms with van der Waals surface area (Å²) in [7, 11) is 0. The van der Waals surface area contributed by atoms with Gasteiger partial charge in [-0.1, -0.05) is 35.0 Å². The summed E-state index contributed by atoms with van der Waals surface area (Å²) in [6.45, 7) is 3.17. The van der Waals surface area contributed by atoms with Crippen LogP contribution in [0.1, 0.15) is 35.3 Å². The highest BCUT2D eigenvalue weighted by atomic mass is 35.5. The summed E-state index contributed by atoms with van der Waals surface area (Å²) in [6, 6.07) is 8.78. The third-order valence-corrected chi connectivity index (χ3v) is 8.53. The van der Waals surface area contributed by atoms with Gasteiger partial charge in [0.2, 0.25) is 5.82 Å². The second-order valence-corrected chi connectivity index (χ2v) is 11.2. The number of likely N-dealkylation sites (tertiary alicyclic amines) is 1. The van der Waals surface area contributed by atoms with E-state index in [9.17, 15) is 9.59 Å². The summed E-state index contributed by atoms with van der Waals surface area (Å²) in [5.74, 6) is 1.06. The Labute approximate surface area is 237 Å². The van der Waals surface area contributed by atoms with Crippen molar-refractivity contribution in [3.8, 4) is 17.3 Å². The molecule has 9 nitrogen and oxygen atoms in total. The molecule has 4 aromatic rings. The van der Waals surface area contributed by atoms with Gasteiger partial charge in [-0.05, 0) is 50.1 Å². The van der Waals surface area contributed by atoms with Gasteiger partial charge in [0.15, 0.2) is 10.9 Å². The number of nitrogens with zero attached hydrogens (tertiary/aromatic N) is 5. The minimum Gasteiger partial charge on any atom is -0.466 e. The van der Waals surface area contributed by atoms with Crippen molar-refractivity contribution in [2.45, 2.75) is 30.7 Å². The van der Waals surface area contributed by atoms with Gasteiger partial charge in [0.1, 0.15) is 10.7 Å². The van der Waals surface area contributed by atoms with Gasteiger partial charge < -0.3 is 14.1 Å². The average molecular weight is 593 g/mol. The second-order valence-electron chi connectivity index (χ2n) is 8.45. The minimum atomic E-state index is -0.185. The number of aromatic nitrogens is 4. The Kier molecular flexibility index (Phi) is 8.37. The first-order valence-corrected chi connectivity index (χ1v) is 14.5. The maximum atomic E-state index is 13.0. The van der Waals surface area contributed by atoms with Crippen molar-refractivity contribution in [2.24, 2.45) is 5.92 Å². The molecule has 0 spiro atoms. The van der Waals surface area contributed by atoms with Crippen molar-refractivity contribution in [1.82, 2.24) is 24.6 Å². The number of hydrogen-bond acceptors (Lipinski definition) is 9. The number of hydrogen-bond donors (Lipinski definition) is 0. The fourth-order valence-electron chi connectivity index (χ4n) is 4.15. The van der Waals surface area contributed by atoms with Crippen LogP contribution in [-0.2, 0) is 15.3 Å². The number of thiazole rings is 1. The van der Waals surface area contributed by atoms with Crippen LogP contribution >= 0.6 is 46.3 Å². The summed E-state index contributed by atoms with van der Waals surface area (Å²) < 4.78 is 12.5. The van der Waals surface area contributed by atoms with Crippen LogP contribution in [0.2, 0.25) is 10.0 Å². The van der Waals surface area contributed by atoms with Crippen LogP contribution in [-0.4, -0.2) is 56.2 Å². The summed E-state index contributed by atoms with van der Waals surface area (Å²) >= 11 is 15.5. The van der Waals surface area contributed by atoms with Crippen LogP contribution in [0, 0.1) is 5.92 Å². The number of piperidine rings is 1. The van der Waals surface area contributed by atoms with E-state index in [-0.39, 0.29) is 17.8 Å². The molecule has 0 radical (unpaired) electrons. The fourth-order valence-corrected chi connectivity index (χ4v) is 6.37. The Balaban J connectivity index is 1.29. The molecule has 1 aliphatic rings. The predicted octanol–water partition coefficient (Wildman–Crippen LogP) is 6.00. The van der Waals surface area contributed by atoms with E-state index >= 15 is 0 Å². The number of halogens is 2. The second kappa shape index (κ2) is 11.9. The molecule has 1 aromatic carbocycles. The van der Waals surface area contributed by atoms with Gasteiger partial charge in [-0.25, -0.2) is 4.98 Å². The number of amides is 1. The van der Waals surface area contributed by atoms with Crippen molar-refractivity contribution < 1.29 is 18.7 Å². The molecule has 3 aromatic heterocycles. The normalized spacial score (nSPS) is 14.1. The van der Waals surface area contributed by atoms with Crippen molar-refractivity contribution in [1.29, 1.82) is 0 Å². The minimum absolute atomic E-state index is 0.129. The first-order valence-electron chi connectivity index (χ1n) is 11.9. The average Bonchev–Trinajstić information content (AvgIpc) is 3.68. The van der Waals surface area contributed by atoms with Gasteiger partial charge in [0.05, 0.1) is 35.3 Å². The maximum Gasteiger partial charge on any atom is 0.309 e. The van der Waals surface area contributed by atoms with E-state index in [4.69, 9.17) is 32.4 Å². The van der Waals surface area contributed by atoms with E-state index in [1.54, 1.807) is 53.8 Å². The SMILES string of the molecule is CCOC(=O)C1CCN(C(=O)c2csc(CSc3nnc(-c4ccco4)n3-c3ccc(Cl)cc3Cl)n2)CC1. The monoisotopic (exact) mass is 591 g/mol. The number of ether oxygens (including phenoxy) is 1. The molecule has 0 N–H and O–H groups in total. The highest BCUT2D eigenvalue weighted by molar-refractivity contribution is 7.98. The van der Waals surface area contributed by atoms with Crippen LogP contribution in [0.4, 0.5) is 0 Å². The molecular formula is C25H23Cl2N5O4S2. The Bertz CT molecular complexity index is 1430. The number of furan rings is 1. The molecule has 0 bridgehead atoms. The largest absolute Gasteiger partial charge is 0.466 e. The lowest BCUT2D eigenvalue weighted by Gasteiger charge is -2.30. The third kappa shape index (κ3) is 5.75. The van der Waals surface area contributed by atoms with Gasteiger partial charge in [-0.15, -0.1) is 21.5 Å². The van der Waals surface area contributed by atoms with E-state index in [2.05, 4.69) is 15.2 Å². The number of rotatable bonds is 8. The molecule has 1 saturated heterocycles. The molecule has 5 rings (SSSR count). The smallest absolute Gasteiger partial charge is 0.309 e. The van der Waals surface area contributed by atoms with Crippen molar-refractivity contribution in [3.05, 3.63) is 62.7 Å². The molecule has 198 valence electrons. The topological polar surface area (TPSA) is 103 Å². The van der Waals surface area contributed by atoms with Crippen LogP contribution in [0.25, 0.3) is 17.3 Å². The number of carbonyl (C=O) groups excluding carboxylic acids is 2. The summed E-state index contributed by atoms with van der Waals surface area (Å²) in [4.78, 5) is 31.3. The Morgan fingerprint density at radius 2 is 2.03 bits per heavy atom. The molecule has 0 unspecified atom stereocenters. The Morgan fingerprint density at radius 3 is 2.74 bits per heavy atom. The number of carbonyl (C=O) groups is 2. The first kappa shape index (κ1) is 26.7. The highest BCUT2D eigenvalue weighted by Crippen LogP contribution is 2.34. The summed E-state index contributed by atoms with van der Waals surface area (Å²) in [5.41, 5.74) is 1.06. The summed E-state index contributed by atoms with van der Waals surface area (Å²) in [5, 5.41) is 12.8. The zero-order chi connectivity index (χ0) is 26.6. The third-order valence-electron chi connectivity index (χ3n) is 6.02. The molecule has 0 saturated carbocycles. The quantitative estimate of drug-likeness (QED) is 0.181. The number of benzene rings is 1. The highest BCUT2D eigenvalue weighted by Gasteiger charge is 2.29. The van der Waals surface area contributed by atoms with Gasteiger partial charge in [0.25, 0.3) is 5.91 Å². The molecule has 4 heterocycles. The van der Waals surface area contributed by atoms with Crippen LogP contribution in [0.5, 0.6) is 0 Å². The Morgan fingerprint density at radius 1 is 1.21 bits per heavy atom. The van der Waals surface area contributed by atoms with Crippen LogP contribution in [0.15, 0.2) is 51.5 Å². The molecule has 38 heavy (non-hydrogen) atoms. The molecule has 1 fully saturated rings. The fraction of sp³-hybridized carbons (Fsp3) is 0.320. The van der Waals surface area contributed by atoms with Crippen molar-refractivity contribution in [3.63, 3.8) is 0 Å². The molecule has 13 heteroatoms. The maximum absolute atomic E-state index is 13.0. The van der Waals surface area contributed by atoms with E-state index in [0.717, 1.165) is 5.01 Å². The molecule has 0 aliphatic carbocycles. The van der Waals surface area contributed by atoms with Gasteiger partial charge in [-0.2, -0.15) is 0 Å². The zero-order valence-corrected chi connectivity index (χ0v) is 23.4. The van der Waals surface area contributed by atoms with Crippen LogP contribution in [0.3, 0.4) is 0 Å². The lowest BCUT2D eigenvalue weighted by Crippen LogP contribution is -2.40. The Hall–Kier alpha value is -2.86. The van der Waals surface area contributed by atoms with Crippen LogP contribution < -0.4 is 0 Å². The standard InChI is InChI=1S/C25H23Cl2N5O4S2/c1-2-35-24(34)15-7-9-31(10-8-15)23(33)18-13-37-21(28-18)14-38-25-30-29-22(20-4-3-11-36-20)32(25)19-6-5-16(26)12-17(19)27/h3-6,11-13,15H,2,7-10,14H2,1H3. The zero-order valence-electron chi connectivity index (χ0n) is 20.3. The van der Waals surface area contributed by atoms with Gasteiger partial charge >= 0.3 is 5.97 Å². The van der Waals surface area contributed by atoms with E-state index in [0.29, 0.717) is 76.5 Å². The molecule has 1 aliphatic heterocycles. The van der Waals surface area contributed by atoms with Crippen molar-refractivity contribution >= 4 is 58.2 Å². The van der Waals surface area contributed by atoms with Crippen molar-refractivity contribution in [2.75, 3.05) is 19.7 Å². The first-order chi connectivity index (χ1) is 18.4.